The highest BCUT2D eigenvalue weighted by molar-refractivity contribution is 7.80. The molecule has 0 bridgehead atoms. The van der Waals surface area contributed by atoms with Crippen molar-refractivity contribution in [1.29, 1.82) is 0 Å². The lowest BCUT2D eigenvalue weighted by molar-refractivity contribution is -0.118. The van der Waals surface area contributed by atoms with Crippen molar-refractivity contribution in [2.45, 2.75) is 32.9 Å². The molecule has 4 aromatic rings. The molecular weight excluding hydrogens is 502 g/mol. The van der Waals surface area contributed by atoms with Gasteiger partial charge in [0.25, 0.3) is 0 Å². The summed E-state index contributed by atoms with van der Waals surface area (Å²) in [6, 6.07) is 23.5. The van der Waals surface area contributed by atoms with Crippen LogP contribution in [0.1, 0.15) is 42.9 Å². The van der Waals surface area contributed by atoms with Gasteiger partial charge < -0.3 is 20.1 Å². The fraction of sp³-hybridized carbons (Fsp3) is 0.207. The first kappa shape index (κ1) is 25.0. The molecule has 8 heteroatoms. The number of benzene rings is 2. The Labute approximate surface area is 227 Å². The van der Waals surface area contributed by atoms with Crippen LogP contribution in [-0.2, 0) is 4.79 Å². The Morgan fingerprint density at radius 1 is 1.05 bits per heavy atom. The zero-order valence-corrected chi connectivity index (χ0v) is 22.4. The molecule has 1 aliphatic rings. The number of rotatable bonds is 6. The molecule has 6 nitrogen and oxygen atoms in total. The molecule has 1 aliphatic heterocycles. The Bertz CT molecular complexity index is 1450. The number of pyridine rings is 1. The number of thiocarbonyl (C=S) groups is 1. The average molecular weight is 530 g/mol. The Kier molecular flexibility index (Phi) is 7.00. The van der Waals surface area contributed by atoms with Crippen molar-refractivity contribution in [1.82, 2.24) is 14.9 Å². The maximum Gasteiger partial charge on any atom is 0.226 e. The van der Waals surface area contributed by atoms with Crippen LogP contribution in [0.3, 0.4) is 0 Å². The van der Waals surface area contributed by atoms with Crippen molar-refractivity contribution in [3.05, 3.63) is 107 Å². The highest BCUT2D eigenvalue weighted by Crippen LogP contribution is 2.43. The third kappa shape index (κ3) is 4.97. The summed E-state index contributed by atoms with van der Waals surface area (Å²) in [6.07, 6.45) is 3.83. The maximum atomic E-state index is 12.3. The molecule has 2 aromatic heterocycles. The largest absolute Gasteiger partial charge is 0.351 e. The number of hydrogen-bond acceptors (Lipinski definition) is 3. The van der Waals surface area contributed by atoms with Gasteiger partial charge in [-0.2, -0.15) is 0 Å². The first-order valence-corrected chi connectivity index (χ1v) is 13.0. The van der Waals surface area contributed by atoms with Crippen LogP contribution in [0.25, 0.3) is 5.69 Å². The SMILES string of the molecule is Cc1cc(N2C(=S)NC(c3ccccn3)C2c2cccn2-c2cccc(Cl)c2)ccc1NC(=O)C(C)C. The number of amides is 1. The van der Waals surface area contributed by atoms with Crippen LogP contribution >= 0.6 is 23.8 Å². The first-order chi connectivity index (χ1) is 17.8. The van der Waals surface area contributed by atoms with Gasteiger partial charge in [0.2, 0.25) is 5.91 Å². The van der Waals surface area contributed by atoms with Crippen LogP contribution in [0.15, 0.2) is 85.2 Å². The van der Waals surface area contributed by atoms with E-state index in [0.717, 1.165) is 34.0 Å². The Morgan fingerprint density at radius 3 is 2.59 bits per heavy atom. The number of carbonyl (C=O) groups is 1. The molecule has 0 radical (unpaired) electrons. The van der Waals surface area contributed by atoms with E-state index in [0.29, 0.717) is 10.1 Å². The molecule has 0 spiro atoms. The van der Waals surface area contributed by atoms with Crippen molar-refractivity contribution < 1.29 is 4.79 Å². The average Bonchev–Trinajstić information content (AvgIpc) is 3.50. The second kappa shape index (κ2) is 10.4. The second-order valence-electron chi connectivity index (χ2n) is 9.42. The van der Waals surface area contributed by atoms with Crippen molar-refractivity contribution in [2.24, 2.45) is 5.92 Å². The van der Waals surface area contributed by atoms with E-state index in [4.69, 9.17) is 23.8 Å². The van der Waals surface area contributed by atoms with E-state index in [1.807, 2.05) is 87.6 Å². The van der Waals surface area contributed by atoms with Crippen molar-refractivity contribution in [2.75, 3.05) is 10.2 Å². The minimum atomic E-state index is -0.188. The van der Waals surface area contributed by atoms with E-state index in [2.05, 4.69) is 37.2 Å². The number of nitrogens with zero attached hydrogens (tertiary/aromatic N) is 3. The molecule has 2 unspecified atom stereocenters. The third-order valence-corrected chi connectivity index (χ3v) is 7.09. The van der Waals surface area contributed by atoms with E-state index < -0.39 is 0 Å². The highest BCUT2D eigenvalue weighted by atomic mass is 35.5. The van der Waals surface area contributed by atoms with Crippen molar-refractivity contribution >= 4 is 46.2 Å². The standard InChI is InChI=1S/C29H28ClN5OS/c1-18(2)28(36)32-23-13-12-22(16-19(23)3)35-27(26(33-29(35)37)24-10-4-5-14-31-24)25-11-7-15-34(25)21-9-6-8-20(30)17-21/h4-18,26-27H,1-3H3,(H,32,36)(H,33,37). The summed E-state index contributed by atoms with van der Waals surface area (Å²) in [6.45, 7) is 5.75. The number of aryl methyl sites for hydroxylation is 1. The Hall–Kier alpha value is -3.68. The fourth-order valence-electron chi connectivity index (χ4n) is 4.64. The Morgan fingerprint density at radius 2 is 1.89 bits per heavy atom. The number of carbonyl (C=O) groups excluding carboxylic acids is 1. The van der Waals surface area contributed by atoms with E-state index >= 15 is 0 Å². The van der Waals surface area contributed by atoms with Crippen LogP contribution in [-0.4, -0.2) is 20.6 Å². The van der Waals surface area contributed by atoms with E-state index in [9.17, 15) is 4.79 Å². The quantitative estimate of drug-likeness (QED) is 0.275. The smallest absolute Gasteiger partial charge is 0.226 e. The van der Waals surface area contributed by atoms with Gasteiger partial charge in [0, 0.05) is 46.1 Å². The number of anilines is 2. The topological polar surface area (TPSA) is 62.2 Å². The van der Waals surface area contributed by atoms with Crippen molar-refractivity contribution in [3.8, 4) is 5.69 Å². The van der Waals surface area contributed by atoms with E-state index in [-0.39, 0.29) is 23.9 Å². The molecule has 2 N–H and O–H groups in total. The predicted octanol–water partition coefficient (Wildman–Crippen LogP) is 6.61. The molecule has 2 aromatic carbocycles. The first-order valence-electron chi connectivity index (χ1n) is 12.2. The summed E-state index contributed by atoms with van der Waals surface area (Å²) in [5.74, 6) is -0.112. The van der Waals surface area contributed by atoms with Gasteiger partial charge in [0.15, 0.2) is 5.11 Å². The number of nitrogens with one attached hydrogen (secondary N) is 2. The van der Waals surface area contributed by atoms with Gasteiger partial charge in [-0.05, 0) is 85.4 Å². The van der Waals surface area contributed by atoms with Crippen LogP contribution < -0.4 is 15.5 Å². The van der Waals surface area contributed by atoms with Crippen LogP contribution in [0.5, 0.6) is 0 Å². The van der Waals surface area contributed by atoms with Crippen molar-refractivity contribution in [3.63, 3.8) is 0 Å². The van der Waals surface area contributed by atoms with Crippen LogP contribution in [0.2, 0.25) is 5.02 Å². The molecular formula is C29H28ClN5OS. The molecule has 5 rings (SSSR count). The molecule has 1 amide bonds. The minimum Gasteiger partial charge on any atom is -0.351 e. The van der Waals surface area contributed by atoms with Gasteiger partial charge in [-0.25, -0.2) is 0 Å². The second-order valence-corrected chi connectivity index (χ2v) is 10.2. The molecule has 1 saturated heterocycles. The van der Waals surface area contributed by atoms with Gasteiger partial charge >= 0.3 is 0 Å². The lowest BCUT2D eigenvalue weighted by atomic mass is 10.00. The third-order valence-electron chi connectivity index (χ3n) is 6.54. The van der Waals surface area contributed by atoms with E-state index in [1.165, 1.54) is 0 Å². The normalized spacial score (nSPS) is 17.2. The Balaban J connectivity index is 1.60. The number of aromatic nitrogens is 2. The molecule has 3 heterocycles. The monoisotopic (exact) mass is 529 g/mol. The highest BCUT2D eigenvalue weighted by Gasteiger charge is 2.42. The predicted molar refractivity (Wildman–Crippen MR) is 153 cm³/mol. The zero-order valence-electron chi connectivity index (χ0n) is 20.9. The summed E-state index contributed by atoms with van der Waals surface area (Å²) >= 11 is 12.2. The summed E-state index contributed by atoms with van der Waals surface area (Å²) in [7, 11) is 0. The summed E-state index contributed by atoms with van der Waals surface area (Å²) < 4.78 is 2.14. The molecule has 188 valence electrons. The minimum absolute atomic E-state index is 0.0124. The van der Waals surface area contributed by atoms with Gasteiger partial charge in [0.05, 0.1) is 11.7 Å². The number of halogens is 1. The van der Waals surface area contributed by atoms with E-state index in [1.54, 1.807) is 6.20 Å². The van der Waals surface area contributed by atoms with Crippen LogP contribution in [0, 0.1) is 12.8 Å². The molecule has 2 atom stereocenters. The molecule has 0 aliphatic carbocycles. The maximum absolute atomic E-state index is 12.3. The molecule has 37 heavy (non-hydrogen) atoms. The van der Waals surface area contributed by atoms with Gasteiger partial charge in [-0.3, -0.25) is 9.78 Å². The van der Waals surface area contributed by atoms with Gasteiger partial charge in [-0.1, -0.05) is 37.6 Å². The number of hydrogen-bond donors (Lipinski definition) is 2. The zero-order chi connectivity index (χ0) is 26.1. The lowest BCUT2D eigenvalue weighted by Crippen LogP contribution is -2.30. The molecule has 1 fully saturated rings. The molecule has 0 saturated carbocycles. The van der Waals surface area contributed by atoms with Gasteiger partial charge in [-0.15, -0.1) is 0 Å². The van der Waals surface area contributed by atoms with Gasteiger partial charge in [0.1, 0.15) is 6.04 Å². The summed E-state index contributed by atoms with van der Waals surface area (Å²) in [4.78, 5) is 19.1. The lowest BCUT2D eigenvalue weighted by Gasteiger charge is -2.29. The summed E-state index contributed by atoms with van der Waals surface area (Å²) in [5.41, 5.74) is 5.59. The van der Waals surface area contributed by atoms with Crippen LogP contribution in [0.4, 0.5) is 11.4 Å². The fourth-order valence-corrected chi connectivity index (χ4v) is 5.18. The summed E-state index contributed by atoms with van der Waals surface area (Å²) in [5, 5.41) is 7.81.